The maximum Gasteiger partial charge on any atom is 0.325 e. The quantitative estimate of drug-likeness (QED) is 0.902. The van der Waals surface area contributed by atoms with E-state index in [2.05, 4.69) is 23.6 Å². The summed E-state index contributed by atoms with van der Waals surface area (Å²) in [6, 6.07) is 13.5. The van der Waals surface area contributed by atoms with Gasteiger partial charge in [0.15, 0.2) is 0 Å². The van der Waals surface area contributed by atoms with Crippen LogP contribution >= 0.6 is 0 Å². The van der Waals surface area contributed by atoms with Crippen molar-refractivity contribution in [3.05, 3.63) is 59.2 Å². The van der Waals surface area contributed by atoms with Gasteiger partial charge < -0.3 is 10.2 Å². The number of fused-ring (bicyclic) bond motifs is 1. The van der Waals surface area contributed by atoms with E-state index in [1.807, 2.05) is 55.1 Å². The van der Waals surface area contributed by atoms with E-state index in [0.29, 0.717) is 5.69 Å². The molecule has 3 rings (SSSR count). The van der Waals surface area contributed by atoms with Gasteiger partial charge in [-0.05, 0) is 56.0 Å². The van der Waals surface area contributed by atoms with E-state index in [1.54, 1.807) is 0 Å². The van der Waals surface area contributed by atoms with Crippen LogP contribution in [0.15, 0.2) is 42.5 Å². The van der Waals surface area contributed by atoms with Crippen LogP contribution in [0.25, 0.3) is 0 Å². The van der Waals surface area contributed by atoms with Gasteiger partial charge in [0.05, 0.1) is 6.54 Å². The molecule has 0 saturated carbocycles. The normalized spacial score (nSPS) is 15.6. The summed E-state index contributed by atoms with van der Waals surface area (Å²) in [4.78, 5) is 26.5. The topological polar surface area (TPSA) is 61.4 Å². The fourth-order valence-electron chi connectivity index (χ4n) is 3.23. The molecule has 1 aliphatic heterocycles. The van der Waals surface area contributed by atoms with Gasteiger partial charge in [-0.25, -0.2) is 4.79 Å². The predicted octanol–water partition coefficient (Wildman–Crippen LogP) is 3.40. The molecule has 0 unspecified atom stereocenters. The fourth-order valence-corrected chi connectivity index (χ4v) is 3.23. The van der Waals surface area contributed by atoms with Crippen LogP contribution in [0.5, 0.6) is 0 Å². The number of carbonyl (C=O) groups is 2. The van der Waals surface area contributed by atoms with E-state index < -0.39 is 6.03 Å². The van der Waals surface area contributed by atoms with Gasteiger partial charge in [-0.15, -0.1) is 0 Å². The molecule has 2 aromatic rings. The highest BCUT2D eigenvalue weighted by molar-refractivity contribution is 6.03. The van der Waals surface area contributed by atoms with Crippen molar-refractivity contribution in [2.45, 2.75) is 33.2 Å². The third kappa shape index (κ3) is 3.65. The minimum absolute atomic E-state index is 0.165. The molecule has 2 aromatic carbocycles. The van der Waals surface area contributed by atoms with Gasteiger partial charge in [0, 0.05) is 17.4 Å². The molecule has 130 valence electrons. The van der Waals surface area contributed by atoms with Crippen molar-refractivity contribution in [3.8, 4) is 0 Å². The molecule has 3 amide bonds. The Morgan fingerprint density at radius 1 is 1.12 bits per heavy atom. The largest absolute Gasteiger partial charge is 0.359 e. The predicted molar refractivity (Wildman–Crippen MR) is 100 cm³/mol. The zero-order valence-corrected chi connectivity index (χ0v) is 14.8. The second-order valence-electron chi connectivity index (χ2n) is 6.56. The SMILES string of the molecule is Cc1cccc(NC(=O)NC(=O)CN2c3ccccc3C[C@@H]2C)c1C. The summed E-state index contributed by atoms with van der Waals surface area (Å²) in [5.41, 5.74) is 5.10. The molecule has 0 aromatic heterocycles. The van der Waals surface area contributed by atoms with Crippen molar-refractivity contribution in [2.24, 2.45) is 0 Å². The van der Waals surface area contributed by atoms with Crippen molar-refractivity contribution in [1.29, 1.82) is 0 Å². The number of aryl methyl sites for hydroxylation is 1. The standard InChI is InChI=1S/C20H23N3O2/c1-13-7-6-9-17(15(13)3)21-20(25)22-19(24)12-23-14(2)11-16-8-4-5-10-18(16)23/h4-10,14H,11-12H2,1-3H3,(H2,21,22,24,25)/t14-/m0/s1. The van der Waals surface area contributed by atoms with E-state index in [4.69, 9.17) is 0 Å². The Kier molecular flexibility index (Phi) is 4.74. The smallest absolute Gasteiger partial charge is 0.325 e. The number of imide groups is 1. The van der Waals surface area contributed by atoms with Crippen LogP contribution in [-0.2, 0) is 11.2 Å². The Balaban J connectivity index is 1.61. The lowest BCUT2D eigenvalue weighted by molar-refractivity contribution is -0.118. The van der Waals surface area contributed by atoms with Crippen LogP contribution in [0.2, 0.25) is 0 Å². The molecule has 0 radical (unpaired) electrons. The van der Waals surface area contributed by atoms with Gasteiger partial charge in [0.1, 0.15) is 0 Å². The highest BCUT2D eigenvalue weighted by Crippen LogP contribution is 2.31. The molecular formula is C20H23N3O2. The first-order valence-corrected chi connectivity index (χ1v) is 8.47. The first kappa shape index (κ1) is 17.0. The number of urea groups is 1. The van der Waals surface area contributed by atoms with Crippen molar-refractivity contribution < 1.29 is 9.59 Å². The van der Waals surface area contributed by atoms with Crippen LogP contribution in [0.4, 0.5) is 16.2 Å². The van der Waals surface area contributed by atoms with Crippen LogP contribution in [0, 0.1) is 13.8 Å². The summed E-state index contributed by atoms with van der Waals surface area (Å²) in [6.45, 7) is 6.17. The van der Waals surface area contributed by atoms with E-state index in [0.717, 1.165) is 23.2 Å². The molecule has 1 atom stereocenters. The van der Waals surface area contributed by atoms with E-state index >= 15 is 0 Å². The third-order valence-electron chi connectivity index (χ3n) is 4.77. The highest BCUT2D eigenvalue weighted by atomic mass is 16.2. The summed E-state index contributed by atoms with van der Waals surface area (Å²) < 4.78 is 0. The number of hydrogen-bond acceptors (Lipinski definition) is 3. The Labute approximate surface area is 148 Å². The Bertz CT molecular complexity index is 816. The maximum absolute atomic E-state index is 12.3. The van der Waals surface area contributed by atoms with E-state index in [1.165, 1.54) is 5.56 Å². The molecule has 5 nitrogen and oxygen atoms in total. The lowest BCUT2D eigenvalue weighted by atomic mass is 10.1. The molecule has 0 bridgehead atoms. The van der Waals surface area contributed by atoms with Crippen molar-refractivity contribution in [2.75, 3.05) is 16.8 Å². The first-order valence-electron chi connectivity index (χ1n) is 8.47. The third-order valence-corrected chi connectivity index (χ3v) is 4.77. The summed E-state index contributed by atoms with van der Waals surface area (Å²) in [5, 5.41) is 5.17. The second kappa shape index (κ2) is 6.97. The number of rotatable bonds is 3. The molecule has 0 spiro atoms. The number of amides is 3. The fraction of sp³-hybridized carbons (Fsp3) is 0.300. The molecule has 1 aliphatic rings. The number of nitrogens with zero attached hydrogens (tertiary/aromatic N) is 1. The van der Waals surface area contributed by atoms with Gasteiger partial charge in [-0.2, -0.15) is 0 Å². The molecule has 2 N–H and O–H groups in total. The second-order valence-corrected chi connectivity index (χ2v) is 6.56. The summed E-state index contributed by atoms with van der Waals surface area (Å²) in [6.07, 6.45) is 0.915. The minimum atomic E-state index is -0.501. The van der Waals surface area contributed by atoms with Gasteiger partial charge in [0.2, 0.25) is 5.91 Å². The number of nitrogens with one attached hydrogen (secondary N) is 2. The van der Waals surface area contributed by atoms with Gasteiger partial charge in [-0.1, -0.05) is 30.3 Å². The molecule has 5 heteroatoms. The molecule has 0 saturated heterocycles. The van der Waals surface area contributed by atoms with Crippen molar-refractivity contribution in [3.63, 3.8) is 0 Å². The maximum atomic E-state index is 12.3. The van der Waals surface area contributed by atoms with Gasteiger partial charge >= 0.3 is 6.03 Å². The number of benzene rings is 2. The molecule has 1 heterocycles. The lowest BCUT2D eigenvalue weighted by Gasteiger charge is -2.24. The van der Waals surface area contributed by atoms with Crippen LogP contribution < -0.4 is 15.5 Å². The van der Waals surface area contributed by atoms with E-state index in [9.17, 15) is 9.59 Å². The molecule has 0 aliphatic carbocycles. The Morgan fingerprint density at radius 2 is 1.88 bits per heavy atom. The minimum Gasteiger partial charge on any atom is -0.359 e. The van der Waals surface area contributed by atoms with E-state index in [-0.39, 0.29) is 18.5 Å². The zero-order valence-electron chi connectivity index (χ0n) is 14.8. The molecule has 0 fully saturated rings. The summed E-state index contributed by atoms with van der Waals surface area (Å²) >= 11 is 0. The molecule has 25 heavy (non-hydrogen) atoms. The number of anilines is 2. The number of carbonyl (C=O) groups excluding carboxylic acids is 2. The highest BCUT2D eigenvalue weighted by Gasteiger charge is 2.27. The average Bonchev–Trinajstić information content (AvgIpc) is 2.87. The van der Waals surface area contributed by atoms with Crippen molar-refractivity contribution >= 4 is 23.3 Å². The average molecular weight is 337 g/mol. The van der Waals surface area contributed by atoms with Crippen molar-refractivity contribution in [1.82, 2.24) is 5.32 Å². The number of para-hydroxylation sites is 1. The van der Waals surface area contributed by atoms with Gasteiger partial charge in [-0.3, -0.25) is 10.1 Å². The van der Waals surface area contributed by atoms with Crippen LogP contribution in [0.3, 0.4) is 0 Å². The van der Waals surface area contributed by atoms with Crippen LogP contribution in [-0.4, -0.2) is 24.5 Å². The first-order chi connectivity index (χ1) is 12.0. The Hall–Kier alpha value is -2.82. The van der Waals surface area contributed by atoms with Gasteiger partial charge in [0.25, 0.3) is 0 Å². The lowest BCUT2D eigenvalue weighted by Crippen LogP contribution is -2.43. The zero-order chi connectivity index (χ0) is 18.0. The van der Waals surface area contributed by atoms with Crippen LogP contribution in [0.1, 0.15) is 23.6 Å². The Morgan fingerprint density at radius 3 is 2.68 bits per heavy atom. The summed E-state index contributed by atoms with van der Waals surface area (Å²) in [7, 11) is 0. The number of hydrogen-bond donors (Lipinski definition) is 2. The monoisotopic (exact) mass is 337 g/mol. The molecular weight excluding hydrogens is 314 g/mol. The summed E-state index contributed by atoms with van der Waals surface area (Å²) in [5.74, 6) is -0.314.